The molecule has 28 heavy (non-hydrogen) atoms. The molecule has 150 valence electrons. The minimum atomic E-state index is -0.512. The van der Waals surface area contributed by atoms with Gasteiger partial charge >= 0.3 is 5.69 Å². The molecule has 0 bridgehead atoms. The van der Waals surface area contributed by atoms with Gasteiger partial charge in [0.2, 0.25) is 11.8 Å². The second kappa shape index (κ2) is 8.92. The molecule has 5 N–H and O–H groups in total. The Balaban J connectivity index is 1.70. The lowest BCUT2D eigenvalue weighted by Crippen LogP contribution is -2.27. The first-order valence-electron chi connectivity index (χ1n) is 9.47. The van der Waals surface area contributed by atoms with Gasteiger partial charge < -0.3 is 16.8 Å². The van der Waals surface area contributed by atoms with Crippen LogP contribution in [0.5, 0.6) is 0 Å². The minimum Gasteiger partial charge on any atom is -0.378 e. The smallest absolute Gasteiger partial charge is 0.332 e. The van der Waals surface area contributed by atoms with Gasteiger partial charge in [0.05, 0.1) is 4.92 Å². The van der Waals surface area contributed by atoms with E-state index in [1.54, 1.807) is 12.1 Å². The summed E-state index contributed by atoms with van der Waals surface area (Å²) in [4.78, 5) is 19.4. The second-order valence-corrected chi connectivity index (χ2v) is 7.27. The molecule has 0 spiro atoms. The molecule has 1 fully saturated rings. The zero-order valence-electron chi connectivity index (χ0n) is 15.6. The van der Waals surface area contributed by atoms with Crippen LogP contribution in [-0.4, -0.2) is 27.5 Å². The van der Waals surface area contributed by atoms with Crippen molar-refractivity contribution >= 4 is 17.5 Å². The van der Waals surface area contributed by atoms with E-state index in [0.717, 1.165) is 31.2 Å². The van der Waals surface area contributed by atoms with Crippen LogP contribution in [0, 0.1) is 21.8 Å². The number of nitrogen functional groups attached to an aromatic ring is 1. The van der Waals surface area contributed by atoms with Gasteiger partial charge in [0.15, 0.2) is 0 Å². The number of anilines is 2. The Labute approximate surface area is 162 Å². The van der Waals surface area contributed by atoms with Crippen molar-refractivity contribution < 1.29 is 9.31 Å². The van der Waals surface area contributed by atoms with Gasteiger partial charge in [-0.1, -0.05) is 12.1 Å². The average Bonchev–Trinajstić information content (AvgIpc) is 2.64. The third-order valence-corrected chi connectivity index (χ3v) is 5.15. The van der Waals surface area contributed by atoms with E-state index in [0.29, 0.717) is 31.0 Å². The van der Waals surface area contributed by atoms with Crippen LogP contribution in [0.3, 0.4) is 0 Å². The van der Waals surface area contributed by atoms with E-state index in [1.165, 1.54) is 12.1 Å². The number of nitrogens with zero attached hydrogens (tertiary/aromatic N) is 3. The third kappa shape index (κ3) is 5.13. The van der Waals surface area contributed by atoms with Crippen LogP contribution in [-0.2, 0) is 12.8 Å². The van der Waals surface area contributed by atoms with Crippen LogP contribution in [0.25, 0.3) is 0 Å². The predicted molar refractivity (Wildman–Crippen MR) is 105 cm³/mol. The largest absolute Gasteiger partial charge is 0.378 e. The highest BCUT2D eigenvalue weighted by atomic mass is 19.1. The molecule has 0 aliphatic heterocycles. The van der Waals surface area contributed by atoms with Gasteiger partial charge in [-0.25, -0.2) is 9.37 Å². The predicted octanol–water partition coefficient (Wildman–Crippen LogP) is 2.82. The topological polar surface area (TPSA) is 133 Å². The van der Waals surface area contributed by atoms with Gasteiger partial charge in [0.25, 0.3) is 0 Å². The maximum atomic E-state index is 13.0. The first kappa shape index (κ1) is 19.9. The molecular formula is C19H25FN6O2. The number of aromatic nitrogens is 2. The highest BCUT2D eigenvalue weighted by Crippen LogP contribution is 2.31. The van der Waals surface area contributed by atoms with Crippen LogP contribution >= 0.6 is 0 Å². The Morgan fingerprint density at radius 3 is 2.50 bits per heavy atom. The monoisotopic (exact) mass is 388 g/mol. The van der Waals surface area contributed by atoms with Crippen LogP contribution in [0.2, 0.25) is 0 Å². The number of hydrogen-bond donors (Lipinski definition) is 3. The molecule has 3 rings (SSSR count). The third-order valence-electron chi connectivity index (χ3n) is 5.15. The Kier molecular flexibility index (Phi) is 6.35. The van der Waals surface area contributed by atoms with E-state index in [9.17, 15) is 14.5 Å². The molecule has 1 saturated carbocycles. The van der Waals surface area contributed by atoms with E-state index in [1.807, 2.05) is 0 Å². The maximum Gasteiger partial charge on any atom is 0.332 e. The van der Waals surface area contributed by atoms with Crippen molar-refractivity contribution in [2.75, 3.05) is 17.6 Å². The molecule has 0 amide bonds. The minimum absolute atomic E-state index is 0.133. The van der Waals surface area contributed by atoms with E-state index in [4.69, 9.17) is 11.5 Å². The van der Waals surface area contributed by atoms with Gasteiger partial charge in [-0.2, -0.15) is 4.98 Å². The summed E-state index contributed by atoms with van der Waals surface area (Å²) >= 11 is 0. The molecule has 8 nitrogen and oxygen atoms in total. The molecule has 1 aromatic carbocycles. The van der Waals surface area contributed by atoms with E-state index in [2.05, 4.69) is 15.3 Å². The van der Waals surface area contributed by atoms with E-state index < -0.39 is 4.92 Å². The molecule has 0 saturated heterocycles. The quantitative estimate of drug-likeness (QED) is 0.490. The molecule has 0 unspecified atom stereocenters. The highest BCUT2D eigenvalue weighted by Gasteiger charge is 2.27. The Bertz CT molecular complexity index is 822. The lowest BCUT2D eigenvalue weighted by Gasteiger charge is -2.25. The number of nitrogens with one attached hydrogen (secondary N) is 1. The summed E-state index contributed by atoms with van der Waals surface area (Å²) in [7, 11) is 0. The summed E-state index contributed by atoms with van der Waals surface area (Å²) in [6.45, 7) is 0.501. The van der Waals surface area contributed by atoms with Crippen molar-refractivity contribution in [3.8, 4) is 0 Å². The summed E-state index contributed by atoms with van der Waals surface area (Å²) < 4.78 is 13.0. The summed E-state index contributed by atoms with van der Waals surface area (Å²) in [6, 6.07) is 6.45. The molecule has 1 heterocycles. The molecule has 1 aliphatic rings. The first-order valence-corrected chi connectivity index (χ1v) is 9.47. The molecular weight excluding hydrogens is 363 g/mol. The van der Waals surface area contributed by atoms with Crippen LogP contribution in [0.4, 0.5) is 21.8 Å². The van der Waals surface area contributed by atoms with E-state index >= 15 is 0 Å². The van der Waals surface area contributed by atoms with Crippen LogP contribution in [0.1, 0.15) is 36.9 Å². The highest BCUT2D eigenvalue weighted by molar-refractivity contribution is 5.58. The molecule has 0 radical (unpaired) electrons. The fraction of sp³-hybridized carbons (Fsp3) is 0.474. The molecule has 2 aromatic rings. The van der Waals surface area contributed by atoms with Crippen molar-refractivity contribution in [3.63, 3.8) is 0 Å². The zero-order valence-corrected chi connectivity index (χ0v) is 15.6. The number of benzene rings is 1. The summed E-state index contributed by atoms with van der Waals surface area (Å²) in [5, 5.41) is 14.5. The summed E-state index contributed by atoms with van der Waals surface area (Å²) in [5.41, 5.74) is 12.9. The number of nitro groups is 1. The number of rotatable bonds is 7. The Morgan fingerprint density at radius 1 is 1.18 bits per heavy atom. The van der Waals surface area contributed by atoms with Gasteiger partial charge in [-0.05, 0) is 62.1 Å². The van der Waals surface area contributed by atoms with Crippen molar-refractivity contribution in [3.05, 3.63) is 51.5 Å². The fourth-order valence-corrected chi connectivity index (χ4v) is 3.58. The van der Waals surface area contributed by atoms with Crippen LogP contribution in [0.15, 0.2) is 24.3 Å². The summed E-state index contributed by atoms with van der Waals surface area (Å²) in [6.07, 6.45) is 4.81. The normalized spacial score (nSPS) is 19.4. The Hall–Kier alpha value is -2.81. The van der Waals surface area contributed by atoms with Gasteiger partial charge in [-0.15, -0.1) is 0 Å². The summed E-state index contributed by atoms with van der Waals surface area (Å²) in [5.74, 6) is 0.163. The van der Waals surface area contributed by atoms with Crippen molar-refractivity contribution in [1.82, 2.24) is 9.97 Å². The molecule has 0 atom stereocenters. The van der Waals surface area contributed by atoms with Crippen molar-refractivity contribution in [2.24, 2.45) is 11.7 Å². The Morgan fingerprint density at radius 2 is 1.86 bits per heavy atom. The lowest BCUT2D eigenvalue weighted by atomic mass is 9.83. The average molecular weight is 388 g/mol. The fourth-order valence-electron chi connectivity index (χ4n) is 3.58. The van der Waals surface area contributed by atoms with Gasteiger partial charge in [-0.3, -0.25) is 10.1 Å². The number of nitrogens with two attached hydrogens (primary N) is 2. The molecule has 1 aromatic heterocycles. The SMILES string of the molecule is Nc1nc(NCCc2ccc(F)cc2)nc(C[C@H]2CC[C@H](N)CC2)c1[N+](=O)[O-]. The molecule has 9 heteroatoms. The number of hydrogen-bond acceptors (Lipinski definition) is 7. The standard InChI is InChI=1S/C19H25FN6O2/c20-14-5-1-12(2-6-14)9-10-23-19-24-16(17(26(27)28)18(22)25-19)11-13-3-7-15(21)8-4-13/h1-2,5-6,13,15H,3-4,7-11,21H2,(H3,22,23,24,25)/t13-,15-. The zero-order chi connectivity index (χ0) is 20.1. The lowest BCUT2D eigenvalue weighted by molar-refractivity contribution is -0.385. The number of halogens is 1. The second-order valence-electron chi connectivity index (χ2n) is 7.27. The van der Waals surface area contributed by atoms with Crippen molar-refractivity contribution in [1.29, 1.82) is 0 Å². The maximum absolute atomic E-state index is 13.0. The van der Waals surface area contributed by atoms with Gasteiger partial charge in [0.1, 0.15) is 11.5 Å². The van der Waals surface area contributed by atoms with E-state index in [-0.39, 0.29) is 29.3 Å². The van der Waals surface area contributed by atoms with Crippen LogP contribution < -0.4 is 16.8 Å². The van der Waals surface area contributed by atoms with Gasteiger partial charge in [0, 0.05) is 12.6 Å². The van der Waals surface area contributed by atoms with Crippen molar-refractivity contribution in [2.45, 2.75) is 44.6 Å². The molecule has 1 aliphatic carbocycles. The first-order chi connectivity index (χ1) is 13.4.